The molecule has 2 N–H and O–H groups in total. The highest BCUT2D eigenvalue weighted by Gasteiger charge is 2.23. The van der Waals surface area contributed by atoms with Gasteiger partial charge in [-0.15, -0.1) is 11.8 Å². The van der Waals surface area contributed by atoms with E-state index in [0.29, 0.717) is 23.6 Å². The minimum Gasteiger partial charge on any atom is -0.495 e. The predicted molar refractivity (Wildman–Crippen MR) is 106 cm³/mol. The van der Waals surface area contributed by atoms with E-state index in [2.05, 4.69) is 10.6 Å². The number of anilines is 2. The lowest BCUT2D eigenvalue weighted by Crippen LogP contribution is -2.24. The van der Waals surface area contributed by atoms with E-state index in [9.17, 15) is 9.59 Å². The van der Waals surface area contributed by atoms with Gasteiger partial charge in [-0.25, -0.2) is 0 Å². The molecule has 136 valence electrons. The lowest BCUT2D eigenvalue weighted by atomic mass is 10.1. The monoisotopic (exact) mass is 370 g/mol. The summed E-state index contributed by atoms with van der Waals surface area (Å²) in [5.74, 6) is 1.16. The van der Waals surface area contributed by atoms with Crippen molar-refractivity contribution in [2.75, 3.05) is 23.5 Å². The molecule has 0 fully saturated rings. The number of ether oxygens (including phenoxy) is 1. The second-order valence-corrected chi connectivity index (χ2v) is 7.35. The molecule has 1 aliphatic heterocycles. The van der Waals surface area contributed by atoms with Crippen molar-refractivity contribution in [2.24, 2.45) is 0 Å². The number of carbonyl (C=O) groups excluding carboxylic acids is 2. The third-order valence-corrected chi connectivity index (χ3v) is 5.56. The molecule has 0 saturated carbocycles. The lowest BCUT2D eigenvalue weighted by Gasteiger charge is -2.13. The van der Waals surface area contributed by atoms with Crippen molar-refractivity contribution in [3.8, 4) is 5.75 Å². The minimum atomic E-state index is -0.138. The fraction of sp³-hybridized carbons (Fsp3) is 0.300. The van der Waals surface area contributed by atoms with Crippen LogP contribution >= 0.6 is 11.8 Å². The molecule has 1 aliphatic rings. The van der Waals surface area contributed by atoms with Gasteiger partial charge in [-0.1, -0.05) is 30.3 Å². The number of rotatable bonds is 6. The number of hydrogen-bond acceptors (Lipinski definition) is 4. The quantitative estimate of drug-likeness (QED) is 0.813. The van der Waals surface area contributed by atoms with Crippen LogP contribution in [0.3, 0.4) is 0 Å². The maximum atomic E-state index is 12.4. The zero-order valence-corrected chi connectivity index (χ0v) is 15.5. The number of nitrogens with one attached hydrogen (secondary N) is 2. The van der Waals surface area contributed by atoms with Crippen LogP contribution < -0.4 is 15.4 Å². The van der Waals surface area contributed by atoms with E-state index in [-0.39, 0.29) is 17.1 Å². The van der Waals surface area contributed by atoms with Crippen molar-refractivity contribution in [1.82, 2.24) is 0 Å². The van der Waals surface area contributed by atoms with Gasteiger partial charge in [0, 0.05) is 17.9 Å². The van der Waals surface area contributed by atoms with Gasteiger partial charge in [0.2, 0.25) is 11.8 Å². The number of methoxy groups -OCH3 is 1. The number of thioether (sulfide) groups is 1. The maximum absolute atomic E-state index is 12.4. The van der Waals surface area contributed by atoms with Crippen LogP contribution in [0.4, 0.5) is 11.4 Å². The highest BCUT2D eigenvalue weighted by atomic mass is 32.2. The fourth-order valence-electron chi connectivity index (χ4n) is 2.90. The Morgan fingerprint density at radius 3 is 2.85 bits per heavy atom. The molecular weight excluding hydrogens is 348 g/mol. The van der Waals surface area contributed by atoms with Crippen molar-refractivity contribution in [3.05, 3.63) is 54.1 Å². The highest BCUT2D eigenvalue weighted by molar-refractivity contribution is 8.00. The molecule has 0 aliphatic carbocycles. The Bertz CT molecular complexity index is 794. The van der Waals surface area contributed by atoms with E-state index in [0.717, 1.165) is 24.1 Å². The molecule has 0 spiro atoms. The van der Waals surface area contributed by atoms with Crippen molar-refractivity contribution >= 4 is 35.0 Å². The van der Waals surface area contributed by atoms with Crippen molar-refractivity contribution in [1.29, 1.82) is 0 Å². The Hall–Kier alpha value is -2.47. The molecule has 6 heteroatoms. The number of fused-ring (bicyclic) bond motifs is 1. The summed E-state index contributed by atoms with van der Waals surface area (Å²) in [6, 6.07) is 15.2. The molecule has 2 aromatic carbocycles. The van der Waals surface area contributed by atoms with Crippen LogP contribution in [0.1, 0.15) is 18.4 Å². The number of para-hydroxylation sites is 3. The molecule has 0 bridgehead atoms. The van der Waals surface area contributed by atoms with E-state index < -0.39 is 0 Å². The van der Waals surface area contributed by atoms with Gasteiger partial charge in [0.15, 0.2) is 0 Å². The molecule has 0 radical (unpaired) electrons. The zero-order valence-electron chi connectivity index (χ0n) is 14.7. The molecule has 0 unspecified atom stereocenters. The smallest absolute Gasteiger partial charge is 0.237 e. The predicted octanol–water partition coefficient (Wildman–Crippen LogP) is 3.71. The molecule has 0 saturated heterocycles. The van der Waals surface area contributed by atoms with E-state index >= 15 is 0 Å². The first-order valence-corrected chi connectivity index (χ1v) is 9.65. The Balaban J connectivity index is 1.49. The minimum absolute atomic E-state index is 0.0186. The SMILES string of the molecule is COc1ccccc1NC(=O)CCS[C@@H]1CCc2ccccc2NC1=O. The summed E-state index contributed by atoms with van der Waals surface area (Å²) in [5.41, 5.74) is 2.72. The van der Waals surface area contributed by atoms with Gasteiger partial charge in [0.25, 0.3) is 0 Å². The Morgan fingerprint density at radius 1 is 1.23 bits per heavy atom. The van der Waals surface area contributed by atoms with Crippen LogP contribution in [0.2, 0.25) is 0 Å². The van der Waals surface area contributed by atoms with Gasteiger partial charge < -0.3 is 15.4 Å². The van der Waals surface area contributed by atoms with Crippen LogP contribution in [0, 0.1) is 0 Å². The van der Waals surface area contributed by atoms with E-state index in [1.54, 1.807) is 19.2 Å². The summed E-state index contributed by atoms with van der Waals surface area (Å²) in [7, 11) is 1.57. The average Bonchev–Trinajstić information content (AvgIpc) is 2.81. The number of benzene rings is 2. The van der Waals surface area contributed by atoms with Crippen molar-refractivity contribution in [3.63, 3.8) is 0 Å². The number of aryl methyl sites for hydroxylation is 1. The molecule has 1 heterocycles. The average molecular weight is 370 g/mol. The first-order chi connectivity index (χ1) is 12.7. The van der Waals surface area contributed by atoms with E-state index in [1.807, 2.05) is 36.4 Å². The van der Waals surface area contributed by atoms with Gasteiger partial charge in [-0.3, -0.25) is 9.59 Å². The van der Waals surface area contributed by atoms with Gasteiger partial charge in [-0.2, -0.15) is 0 Å². The van der Waals surface area contributed by atoms with Crippen LogP contribution in [-0.2, 0) is 16.0 Å². The van der Waals surface area contributed by atoms with E-state index in [4.69, 9.17) is 4.74 Å². The normalized spacial score (nSPS) is 16.2. The third-order valence-electron chi connectivity index (χ3n) is 4.27. The van der Waals surface area contributed by atoms with Crippen molar-refractivity contribution < 1.29 is 14.3 Å². The van der Waals surface area contributed by atoms with Gasteiger partial charge in [-0.05, 0) is 36.6 Å². The summed E-state index contributed by atoms with van der Waals surface area (Å²) in [5, 5.41) is 5.71. The molecule has 2 aromatic rings. The second kappa shape index (κ2) is 8.76. The summed E-state index contributed by atoms with van der Waals surface area (Å²) in [6.07, 6.45) is 1.99. The molecule has 2 amide bonds. The topological polar surface area (TPSA) is 67.4 Å². The number of carbonyl (C=O) groups is 2. The Kier molecular flexibility index (Phi) is 6.17. The van der Waals surface area contributed by atoms with Gasteiger partial charge >= 0.3 is 0 Å². The zero-order chi connectivity index (χ0) is 18.4. The molecule has 0 aromatic heterocycles. The van der Waals surface area contributed by atoms with Gasteiger partial charge in [0.05, 0.1) is 18.0 Å². The van der Waals surface area contributed by atoms with Crippen LogP contribution in [-0.4, -0.2) is 29.9 Å². The van der Waals surface area contributed by atoms with Gasteiger partial charge in [0.1, 0.15) is 5.75 Å². The Morgan fingerprint density at radius 2 is 2.00 bits per heavy atom. The Labute approximate surface area is 157 Å². The molecular formula is C20H22N2O3S. The molecule has 3 rings (SSSR count). The summed E-state index contributed by atoms with van der Waals surface area (Å²) >= 11 is 1.53. The molecule has 26 heavy (non-hydrogen) atoms. The van der Waals surface area contributed by atoms with E-state index in [1.165, 1.54) is 11.8 Å². The highest BCUT2D eigenvalue weighted by Crippen LogP contribution is 2.28. The first-order valence-electron chi connectivity index (χ1n) is 8.60. The molecule has 1 atom stereocenters. The second-order valence-electron chi connectivity index (χ2n) is 6.04. The standard InChI is InChI=1S/C20H22N2O3S/c1-25-17-9-5-4-8-16(17)21-19(23)12-13-26-18-11-10-14-6-2-3-7-15(14)22-20(18)24/h2-9,18H,10-13H2,1H3,(H,21,23)(H,22,24)/t18-/m1/s1. The summed E-state index contributed by atoms with van der Waals surface area (Å²) < 4.78 is 5.23. The van der Waals surface area contributed by atoms with Crippen molar-refractivity contribution in [2.45, 2.75) is 24.5 Å². The number of amides is 2. The first kappa shape index (κ1) is 18.3. The third kappa shape index (κ3) is 4.58. The lowest BCUT2D eigenvalue weighted by molar-refractivity contribution is -0.116. The fourth-order valence-corrected chi connectivity index (χ4v) is 3.99. The largest absolute Gasteiger partial charge is 0.495 e. The van der Waals surface area contributed by atoms with Crippen LogP contribution in [0.15, 0.2) is 48.5 Å². The van der Waals surface area contributed by atoms with Crippen LogP contribution in [0.5, 0.6) is 5.75 Å². The maximum Gasteiger partial charge on any atom is 0.237 e. The van der Waals surface area contributed by atoms with Crippen LogP contribution in [0.25, 0.3) is 0 Å². The summed E-state index contributed by atoms with van der Waals surface area (Å²) in [6.45, 7) is 0. The number of hydrogen-bond donors (Lipinski definition) is 2. The summed E-state index contributed by atoms with van der Waals surface area (Å²) in [4.78, 5) is 24.5. The molecule has 5 nitrogen and oxygen atoms in total.